The Morgan fingerprint density at radius 2 is 1.89 bits per heavy atom. The summed E-state index contributed by atoms with van der Waals surface area (Å²) in [6.45, 7) is 7.36. The first-order valence-electron chi connectivity index (χ1n) is 9.36. The van der Waals surface area contributed by atoms with E-state index in [4.69, 9.17) is 9.26 Å². The molecule has 0 spiro atoms. The zero-order valence-electron chi connectivity index (χ0n) is 16.0. The summed E-state index contributed by atoms with van der Waals surface area (Å²) in [6.07, 6.45) is 0.961. The van der Waals surface area contributed by atoms with Gasteiger partial charge in [0.15, 0.2) is 0 Å². The summed E-state index contributed by atoms with van der Waals surface area (Å²) in [7, 11) is 1.64. The minimum atomic E-state index is 0.103. The van der Waals surface area contributed by atoms with E-state index in [1.807, 2.05) is 24.3 Å². The zero-order valence-corrected chi connectivity index (χ0v) is 16.0. The van der Waals surface area contributed by atoms with Crippen molar-refractivity contribution in [3.8, 4) is 17.1 Å². The summed E-state index contributed by atoms with van der Waals surface area (Å²) < 4.78 is 10.6. The lowest BCUT2D eigenvalue weighted by Gasteiger charge is -2.33. The third-order valence-electron chi connectivity index (χ3n) is 4.58. The van der Waals surface area contributed by atoms with Crippen LogP contribution < -0.4 is 10.1 Å². The van der Waals surface area contributed by atoms with E-state index in [0.29, 0.717) is 24.8 Å². The summed E-state index contributed by atoms with van der Waals surface area (Å²) in [5, 5.41) is 6.99. The second-order valence-electron chi connectivity index (χ2n) is 6.64. The number of hydrogen-bond acceptors (Lipinski definition) is 7. The molecule has 8 nitrogen and oxygen atoms in total. The summed E-state index contributed by atoms with van der Waals surface area (Å²) in [6, 6.07) is 7.58. The van der Waals surface area contributed by atoms with Crippen molar-refractivity contribution in [3.63, 3.8) is 0 Å². The number of nitrogens with zero attached hydrogens (tertiary/aromatic N) is 4. The first-order valence-corrected chi connectivity index (χ1v) is 9.36. The number of aromatic nitrogens is 2. The SMILES string of the molecule is CCCNC(=O)CN1CCN(Cc2nc(-c3ccc(OC)cc3)no2)CC1. The van der Waals surface area contributed by atoms with Crippen LogP contribution in [0.1, 0.15) is 19.2 Å². The molecule has 2 aromatic rings. The molecule has 1 N–H and O–H groups in total. The molecule has 27 heavy (non-hydrogen) atoms. The standard InChI is InChI=1S/C19H27N5O3/c1-3-8-20-17(25)13-23-9-11-24(12-10-23)14-18-21-19(22-27-18)15-4-6-16(26-2)7-5-15/h4-7H,3,8-14H2,1-2H3,(H,20,25). The zero-order chi connectivity index (χ0) is 19.1. The van der Waals surface area contributed by atoms with Gasteiger partial charge in [-0.05, 0) is 30.7 Å². The Morgan fingerprint density at radius 3 is 2.56 bits per heavy atom. The highest BCUT2D eigenvalue weighted by Gasteiger charge is 2.20. The molecule has 0 atom stereocenters. The molecule has 0 radical (unpaired) electrons. The molecule has 1 fully saturated rings. The van der Waals surface area contributed by atoms with Gasteiger partial charge in [0.25, 0.3) is 0 Å². The van der Waals surface area contributed by atoms with Crippen molar-refractivity contribution in [3.05, 3.63) is 30.2 Å². The van der Waals surface area contributed by atoms with Crippen LogP contribution in [0, 0.1) is 0 Å². The number of methoxy groups -OCH3 is 1. The monoisotopic (exact) mass is 373 g/mol. The quantitative estimate of drug-likeness (QED) is 0.748. The van der Waals surface area contributed by atoms with Gasteiger partial charge < -0.3 is 14.6 Å². The fourth-order valence-corrected chi connectivity index (χ4v) is 3.00. The third kappa shape index (κ3) is 5.51. The molecule has 1 aliphatic heterocycles. The normalized spacial score (nSPS) is 15.6. The minimum Gasteiger partial charge on any atom is -0.497 e. The smallest absolute Gasteiger partial charge is 0.241 e. The Bertz CT molecular complexity index is 723. The van der Waals surface area contributed by atoms with E-state index in [9.17, 15) is 4.79 Å². The fraction of sp³-hybridized carbons (Fsp3) is 0.526. The van der Waals surface area contributed by atoms with Crippen molar-refractivity contribution in [2.45, 2.75) is 19.9 Å². The third-order valence-corrected chi connectivity index (χ3v) is 4.58. The van der Waals surface area contributed by atoms with Crippen LogP contribution in [0.5, 0.6) is 5.75 Å². The van der Waals surface area contributed by atoms with E-state index >= 15 is 0 Å². The molecule has 0 bridgehead atoms. The van der Waals surface area contributed by atoms with Crippen LogP contribution in [-0.4, -0.2) is 72.2 Å². The lowest BCUT2D eigenvalue weighted by Crippen LogP contribution is -2.49. The molecule has 1 aromatic heterocycles. The molecule has 146 valence electrons. The maximum Gasteiger partial charge on any atom is 0.241 e. The summed E-state index contributed by atoms with van der Waals surface area (Å²) >= 11 is 0. The summed E-state index contributed by atoms with van der Waals surface area (Å²) in [5.74, 6) is 2.09. The van der Waals surface area contributed by atoms with Gasteiger partial charge in [0.05, 0.1) is 20.2 Å². The van der Waals surface area contributed by atoms with Crippen LogP contribution >= 0.6 is 0 Å². The number of rotatable bonds is 8. The van der Waals surface area contributed by atoms with Gasteiger partial charge in [0, 0.05) is 38.3 Å². The van der Waals surface area contributed by atoms with Crippen molar-refractivity contribution >= 4 is 5.91 Å². The van der Waals surface area contributed by atoms with Crippen LogP contribution in [0.3, 0.4) is 0 Å². The van der Waals surface area contributed by atoms with Gasteiger partial charge in [-0.3, -0.25) is 14.6 Å². The highest BCUT2D eigenvalue weighted by Crippen LogP contribution is 2.20. The van der Waals surface area contributed by atoms with Gasteiger partial charge in [0.1, 0.15) is 5.75 Å². The minimum absolute atomic E-state index is 0.103. The molecular formula is C19H27N5O3. The molecule has 0 unspecified atom stereocenters. The van der Waals surface area contributed by atoms with Gasteiger partial charge >= 0.3 is 0 Å². The van der Waals surface area contributed by atoms with Gasteiger partial charge in [-0.15, -0.1) is 0 Å². The molecule has 1 aliphatic rings. The average Bonchev–Trinajstić information content (AvgIpc) is 3.16. The highest BCUT2D eigenvalue weighted by atomic mass is 16.5. The van der Waals surface area contributed by atoms with Crippen molar-refractivity contribution in [1.29, 1.82) is 0 Å². The number of carbonyl (C=O) groups excluding carboxylic acids is 1. The van der Waals surface area contributed by atoms with E-state index < -0.39 is 0 Å². The van der Waals surface area contributed by atoms with Crippen molar-refractivity contribution in [2.75, 3.05) is 46.4 Å². The molecule has 1 amide bonds. The molecular weight excluding hydrogens is 346 g/mol. The van der Waals surface area contributed by atoms with E-state index in [1.54, 1.807) is 7.11 Å². The second-order valence-corrected chi connectivity index (χ2v) is 6.64. The van der Waals surface area contributed by atoms with Crippen LogP contribution in [0.4, 0.5) is 0 Å². The number of carbonyl (C=O) groups is 1. The van der Waals surface area contributed by atoms with Crippen LogP contribution in [0.25, 0.3) is 11.4 Å². The first kappa shape index (κ1) is 19.3. The van der Waals surface area contributed by atoms with Crippen LogP contribution in [0.15, 0.2) is 28.8 Å². The Hall–Kier alpha value is -2.45. The predicted molar refractivity (Wildman–Crippen MR) is 101 cm³/mol. The Balaban J connectivity index is 1.46. The van der Waals surface area contributed by atoms with E-state index in [2.05, 4.69) is 32.2 Å². The highest BCUT2D eigenvalue weighted by molar-refractivity contribution is 5.77. The molecule has 1 aromatic carbocycles. The molecule has 2 heterocycles. The van der Waals surface area contributed by atoms with Gasteiger partial charge in [0.2, 0.25) is 17.6 Å². The Labute approximate surface area is 159 Å². The summed E-state index contributed by atoms with van der Waals surface area (Å²) in [5.41, 5.74) is 0.897. The van der Waals surface area contributed by atoms with Gasteiger partial charge in [-0.2, -0.15) is 4.98 Å². The topological polar surface area (TPSA) is 83.7 Å². The van der Waals surface area contributed by atoms with Crippen molar-refractivity contribution < 1.29 is 14.1 Å². The predicted octanol–water partition coefficient (Wildman–Crippen LogP) is 1.39. The van der Waals surface area contributed by atoms with Crippen LogP contribution in [0.2, 0.25) is 0 Å². The van der Waals surface area contributed by atoms with E-state index in [0.717, 1.165) is 50.5 Å². The Morgan fingerprint density at radius 1 is 1.19 bits per heavy atom. The Kier molecular flexibility index (Phi) is 6.78. The molecule has 1 saturated heterocycles. The second kappa shape index (κ2) is 9.48. The van der Waals surface area contributed by atoms with Crippen molar-refractivity contribution in [2.24, 2.45) is 0 Å². The van der Waals surface area contributed by atoms with Crippen molar-refractivity contribution in [1.82, 2.24) is 25.3 Å². The largest absolute Gasteiger partial charge is 0.497 e. The maximum absolute atomic E-state index is 11.8. The van der Waals surface area contributed by atoms with Crippen LogP contribution in [-0.2, 0) is 11.3 Å². The lowest BCUT2D eigenvalue weighted by molar-refractivity contribution is -0.122. The maximum atomic E-state index is 11.8. The molecule has 0 saturated carbocycles. The number of piperazine rings is 1. The lowest BCUT2D eigenvalue weighted by atomic mass is 10.2. The molecule has 8 heteroatoms. The molecule has 3 rings (SSSR count). The molecule has 0 aliphatic carbocycles. The number of hydrogen-bond donors (Lipinski definition) is 1. The first-order chi connectivity index (χ1) is 13.2. The van der Waals surface area contributed by atoms with E-state index in [1.165, 1.54) is 0 Å². The number of amides is 1. The number of ether oxygens (including phenoxy) is 1. The van der Waals surface area contributed by atoms with Gasteiger partial charge in [-0.25, -0.2) is 0 Å². The van der Waals surface area contributed by atoms with Gasteiger partial charge in [-0.1, -0.05) is 12.1 Å². The number of nitrogens with one attached hydrogen (secondary N) is 1. The fourth-order valence-electron chi connectivity index (χ4n) is 3.00. The van der Waals surface area contributed by atoms with E-state index in [-0.39, 0.29) is 5.91 Å². The number of benzene rings is 1. The average molecular weight is 373 g/mol. The summed E-state index contributed by atoms with van der Waals surface area (Å²) in [4.78, 5) is 20.8.